The number of piperidine rings is 1. The molecule has 1 aliphatic heterocycles. The van der Waals surface area contributed by atoms with Gasteiger partial charge in [0.2, 0.25) is 0 Å². The lowest BCUT2D eigenvalue weighted by atomic mass is 9.66. The first-order valence-corrected chi connectivity index (χ1v) is 7.63. The molecule has 0 spiro atoms. The third kappa shape index (κ3) is 2.85. The zero-order chi connectivity index (χ0) is 14.7. The number of carboxylic acids is 1. The van der Waals surface area contributed by atoms with Gasteiger partial charge in [-0.1, -0.05) is 6.92 Å². The smallest absolute Gasteiger partial charge is 0.0864 e. The molecule has 116 valence electrons. The van der Waals surface area contributed by atoms with Gasteiger partial charge in [0.15, 0.2) is 0 Å². The fourth-order valence-corrected chi connectivity index (χ4v) is 4.23. The van der Waals surface area contributed by atoms with Crippen molar-refractivity contribution in [3.8, 4) is 0 Å². The topological polar surface area (TPSA) is 70.6 Å². The summed E-state index contributed by atoms with van der Waals surface area (Å²) < 4.78 is 11.2. The first kappa shape index (κ1) is 15.7. The number of nitrogens with one attached hydrogen (secondary N) is 1. The maximum atomic E-state index is 11.4. The van der Waals surface area contributed by atoms with Gasteiger partial charge in [0.25, 0.3) is 0 Å². The Balaban J connectivity index is 2.17. The third-order valence-electron chi connectivity index (χ3n) is 5.19. The summed E-state index contributed by atoms with van der Waals surface area (Å²) in [5.74, 6) is -0.644. The molecule has 5 nitrogen and oxygen atoms in total. The van der Waals surface area contributed by atoms with Crippen LogP contribution in [0, 0.1) is 17.8 Å². The molecule has 20 heavy (non-hydrogen) atoms. The molecule has 6 unspecified atom stereocenters. The number of fused-ring (bicyclic) bond motifs is 1. The van der Waals surface area contributed by atoms with Crippen molar-refractivity contribution in [3.63, 3.8) is 0 Å². The van der Waals surface area contributed by atoms with Crippen molar-refractivity contribution in [2.75, 3.05) is 20.8 Å². The lowest BCUT2D eigenvalue weighted by Crippen LogP contribution is -2.59. The monoisotopic (exact) mass is 284 g/mol. The van der Waals surface area contributed by atoms with Crippen LogP contribution in [0.5, 0.6) is 0 Å². The Kier molecular flexibility index (Phi) is 5.41. The Morgan fingerprint density at radius 1 is 1.25 bits per heavy atom. The van der Waals surface area contributed by atoms with Gasteiger partial charge in [-0.25, -0.2) is 0 Å². The Morgan fingerprint density at radius 3 is 2.55 bits per heavy atom. The van der Waals surface area contributed by atoms with Crippen LogP contribution < -0.4 is 10.4 Å². The molecule has 1 heterocycles. The molecule has 1 N–H and O–H groups in total. The number of carbonyl (C=O) groups excluding carboxylic acids is 1. The molecule has 0 aromatic rings. The summed E-state index contributed by atoms with van der Waals surface area (Å²) in [6.07, 6.45) is 3.74. The number of carboxylic acid groups (broad SMARTS) is 1. The van der Waals surface area contributed by atoms with Gasteiger partial charge in [0.05, 0.1) is 12.2 Å². The van der Waals surface area contributed by atoms with Gasteiger partial charge < -0.3 is 24.7 Å². The second-order valence-corrected chi connectivity index (χ2v) is 5.98. The van der Waals surface area contributed by atoms with Crippen LogP contribution in [0.2, 0.25) is 0 Å². The Labute approximate surface area is 121 Å². The molecule has 5 heteroatoms. The van der Waals surface area contributed by atoms with E-state index in [4.69, 9.17) is 9.47 Å². The lowest BCUT2D eigenvalue weighted by Gasteiger charge is -2.50. The highest BCUT2D eigenvalue weighted by molar-refractivity contribution is 5.68. The van der Waals surface area contributed by atoms with E-state index in [0.717, 1.165) is 25.8 Å². The SMILES string of the molecule is CCC(C(=O)[O-])C1NCCC2C1CCC(OC)C2OC. The minimum atomic E-state index is -0.937. The fraction of sp³-hybridized carbons (Fsp3) is 0.933. The zero-order valence-electron chi connectivity index (χ0n) is 12.6. The summed E-state index contributed by atoms with van der Waals surface area (Å²) in [4.78, 5) is 11.4. The summed E-state index contributed by atoms with van der Waals surface area (Å²) in [7, 11) is 3.46. The van der Waals surface area contributed by atoms with Gasteiger partial charge in [-0.3, -0.25) is 0 Å². The van der Waals surface area contributed by atoms with Crippen LogP contribution in [0.15, 0.2) is 0 Å². The number of hydrogen-bond donors (Lipinski definition) is 1. The summed E-state index contributed by atoms with van der Waals surface area (Å²) in [5, 5.41) is 14.8. The average molecular weight is 284 g/mol. The number of rotatable bonds is 5. The number of aliphatic carboxylic acids is 1. The highest BCUT2D eigenvalue weighted by Gasteiger charge is 2.46. The summed E-state index contributed by atoms with van der Waals surface area (Å²) in [6.45, 7) is 2.76. The molecule has 1 saturated heterocycles. The van der Waals surface area contributed by atoms with Crippen molar-refractivity contribution >= 4 is 5.97 Å². The van der Waals surface area contributed by atoms with Crippen molar-refractivity contribution in [1.29, 1.82) is 0 Å². The first-order valence-electron chi connectivity index (χ1n) is 7.63. The molecule has 2 rings (SSSR count). The van der Waals surface area contributed by atoms with E-state index < -0.39 is 11.9 Å². The highest BCUT2D eigenvalue weighted by atomic mass is 16.5. The normalized spacial score (nSPS) is 39.0. The van der Waals surface area contributed by atoms with Crippen molar-refractivity contribution < 1.29 is 19.4 Å². The standard InChI is InChI=1S/C15H27NO4/c1-4-9(15(17)18)13-10-5-6-12(19-2)14(20-3)11(10)7-8-16-13/h9-14,16H,4-8H2,1-3H3,(H,17,18)/p-1. The van der Waals surface area contributed by atoms with Crippen LogP contribution in [-0.2, 0) is 14.3 Å². The van der Waals surface area contributed by atoms with E-state index in [-0.39, 0.29) is 18.2 Å². The van der Waals surface area contributed by atoms with Crippen molar-refractivity contribution in [2.45, 2.75) is 50.9 Å². The molecule has 1 saturated carbocycles. The summed E-state index contributed by atoms with van der Waals surface area (Å²) in [6, 6.07) is -0.000735. The number of ether oxygens (including phenoxy) is 2. The van der Waals surface area contributed by atoms with Crippen molar-refractivity contribution in [1.82, 2.24) is 5.32 Å². The van der Waals surface area contributed by atoms with Gasteiger partial charge in [0, 0.05) is 32.1 Å². The Morgan fingerprint density at radius 2 is 2.00 bits per heavy atom. The Hall–Kier alpha value is -0.650. The van der Waals surface area contributed by atoms with Crippen LogP contribution in [0.1, 0.15) is 32.6 Å². The molecule has 2 aliphatic rings. The van der Waals surface area contributed by atoms with Gasteiger partial charge in [-0.05, 0) is 44.1 Å². The van der Waals surface area contributed by atoms with Gasteiger partial charge in [-0.2, -0.15) is 0 Å². The molecule has 0 aromatic heterocycles. The van der Waals surface area contributed by atoms with Crippen molar-refractivity contribution in [2.24, 2.45) is 17.8 Å². The molecular weight excluding hydrogens is 258 g/mol. The predicted molar refractivity (Wildman–Crippen MR) is 73.0 cm³/mol. The largest absolute Gasteiger partial charge is 0.550 e. The summed E-state index contributed by atoms with van der Waals surface area (Å²) >= 11 is 0. The van der Waals surface area contributed by atoms with E-state index in [2.05, 4.69) is 5.32 Å². The van der Waals surface area contributed by atoms with Crippen molar-refractivity contribution in [3.05, 3.63) is 0 Å². The van der Waals surface area contributed by atoms with E-state index in [0.29, 0.717) is 18.3 Å². The van der Waals surface area contributed by atoms with Crippen LogP contribution in [0.4, 0.5) is 0 Å². The van der Waals surface area contributed by atoms with Gasteiger partial charge >= 0.3 is 0 Å². The van der Waals surface area contributed by atoms with Gasteiger partial charge in [-0.15, -0.1) is 0 Å². The maximum Gasteiger partial charge on any atom is 0.0864 e. The number of carbonyl (C=O) groups is 1. The highest BCUT2D eigenvalue weighted by Crippen LogP contribution is 2.41. The molecule has 0 aromatic carbocycles. The minimum Gasteiger partial charge on any atom is -0.550 e. The number of hydrogen-bond acceptors (Lipinski definition) is 5. The minimum absolute atomic E-state index is 0.000735. The molecule has 0 bridgehead atoms. The quantitative estimate of drug-likeness (QED) is 0.780. The molecule has 1 aliphatic carbocycles. The predicted octanol–water partition coefficient (Wildman–Crippen LogP) is 0.181. The fourth-order valence-electron chi connectivity index (χ4n) is 4.23. The third-order valence-corrected chi connectivity index (χ3v) is 5.19. The maximum absolute atomic E-state index is 11.4. The van der Waals surface area contributed by atoms with Crippen LogP contribution in [0.3, 0.4) is 0 Å². The van der Waals surface area contributed by atoms with Crippen LogP contribution in [0.25, 0.3) is 0 Å². The Bertz CT molecular complexity index is 336. The lowest BCUT2D eigenvalue weighted by molar-refractivity contribution is -0.313. The summed E-state index contributed by atoms with van der Waals surface area (Å²) in [5.41, 5.74) is 0. The number of methoxy groups -OCH3 is 2. The van der Waals surface area contributed by atoms with E-state index >= 15 is 0 Å². The van der Waals surface area contributed by atoms with Gasteiger partial charge in [0.1, 0.15) is 0 Å². The first-order chi connectivity index (χ1) is 9.63. The van der Waals surface area contributed by atoms with Crippen LogP contribution in [-0.4, -0.2) is 45.0 Å². The molecule has 6 atom stereocenters. The van der Waals surface area contributed by atoms with E-state index in [1.54, 1.807) is 14.2 Å². The molecule has 2 fully saturated rings. The van der Waals surface area contributed by atoms with E-state index in [1.807, 2.05) is 6.92 Å². The van der Waals surface area contributed by atoms with E-state index in [1.165, 1.54) is 0 Å². The van der Waals surface area contributed by atoms with Crippen LogP contribution >= 0.6 is 0 Å². The molecular formula is C15H26NO4-. The molecule has 0 radical (unpaired) electrons. The second-order valence-electron chi connectivity index (χ2n) is 5.98. The molecule has 0 amide bonds. The van der Waals surface area contributed by atoms with E-state index in [9.17, 15) is 9.90 Å². The second kappa shape index (κ2) is 6.87. The average Bonchev–Trinajstić information content (AvgIpc) is 2.46. The zero-order valence-corrected chi connectivity index (χ0v) is 12.6.